The van der Waals surface area contributed by atoms with Crippen LogP contribution in [0.15, 0.2) is 0 Å². The zero-order valence-corrected chi connectivity index (χ0v) is 13.6. The molecular formula is C15H25N5O3. The van der Waals surface area contributed by atoms with E-state index in [0.717, 1.165) is 57.3 Å². The van der Waals surface area contributed by atoms with Crippen LogP contribution in [-0.4, -0.2) is 81.6 Å². The van der Waals surface area contributed by atoms with E-state index in [1.54, 1.807) is 4.90 Å². The number of amides is 1. The topological polar surface area (TPSA) is 83.7 Å². The molecule has 8 nitrogen and oxygen atoms in total. The van der Waals surface area contributed by atoms with Crippen molar-refractivity contribution in [3.05, 3.63) is 11.6 Å². The van der Waals surface area contributed by atoms with Crippen molar-refractivity contribution in [3.8, 4) is 0 Å². The van der Waals surface area contributed by atoms with Crippen LogP contribution < -0.4 is 0 Å². The summed E-state index contributed by atoms with van der Waals surface area (Å²) in [5.41, 5.74) is 0. The molecule has 0 bridgehead atoms. The number of morpholine rings is 1. The van der Waals surface area contributed by atoms with Gasteiger partial charge in [-0.1, -0.05) is 0 Å². The third-order valence-electron chi connectivity index (χ3n) is 4.74. The SMILES string of the molecule is Cn1c(CN2CCOCC2)nnc1[C@@H]1CCCN(C(=O)CO)C1. The Bertz CT molecular complexity index is 541. The molecule has 0 spiro atoms. The molecule has 1 N–H and O–H groups in total. The van der Waals surface area contributed by atoms with E-state index in [9.17, 15) is 4.79 Å². The maximum absolute atomic E-state index is 11.7. The number of ether oxygens (including phenoxy) is 1. The summed E-state index contributed by atoms with van der Waals surface area (Å²) in [6, 6.07) is 0. The fraction of sp³-hybridized carbons (Fsp3) is 0.800. The largest absolute Gasteiger partial charge is 0.387 e. The maximum atomic E-state index is 11.7. The summed E-state index contributed by atoms with van der Waals surface area (Å²) < 4.78 is 7.43. The Balaban J connectivity index is 1.67. The molecule has 0 unspecified atom stereocenters. The van der Waals surface area contributed by atoms with E-state index >= 15 is 0 Å². The summed E-state index contributed by atoms with van der Waals surface area (Å²) in [4.78, 5) is 15.8. The summed E-state index contributed by atoms with van der Waals surface area (Å²) in [7, 11) is 2.00. The number of nitrogens with zero attached hydrogens (tertiary/aromatic N) is 5. The minimum Gasteiger partial charge on any atom is -0.387 e. The average Bonchev–Trinajstić information content (AvgIpc) is 2.96. The van der Waals surface area contributed by atoms with Gasteiger partial charge in [-0.15, -0.1) is 10.2 Å². The van der Waals surface area contributed by atoms with E-state index in [2.05, 4.69) is 19.7 Å². The molecule has 1 aromatic rings. The fourth-order valence-corrected chi connectivity index (χ4v) is 3.34. The van der Waals surface area contributed by atoms with E-state index in [4.69, 9.17) is 9.84 Å². The van der Waals surface area contributed by atoms with E-state index in [-0.39, 0.29) is 11.8 Å². The number of carbonyl (C=O) groups excluding carboxylic acids is 1. The Morgan fingerprint density at radius 3 is 2.83 bits per heavy atom. The van der Waals surface area contributed by atoms with Crippen molar-refractivity contribution in [2.45, 2.75) is 25.3 Å². The van der Waals surface area contributed by atoms with Gasteiger partial charge in [0, 0.05) is 39.1 Å². The number of carbonyl (C=O) groups is 1. The van der Waals surface area contributed by atoms with E-state index in [0.29, 0.717) is 13.1 Å². The van der Waals surface area contributed by atoms with Gasteiger partial charge in [-0.2, -0.15) is 0 Å². The third kappa shape index (κ3) is 3.70. The van der Waals surface area contributed by atoms with Gasteiger partial charge >= 0.3 is 0 Å². The number of aromatic nitrogens is 3. The van der Waals surface area contributed by atoms with Crippen molar-refractivity contribution in [1.82, 2.24) is 24.6 Å². The van der Waals surface area contributed by atoms with Crippen LogP contribution in [0.3, 0.4) is 0 Å². The van der Waals surface area contributed by atoms with Gasteiger partial charge in [-0.3, -0.25) is 9.69 Å². The van der Waals surface area contributed by atoms with Crippen molar-refractivity contribution < 1.29 is 14.6 Å². The van der Waals surface area contributed by atoms with E-state index < -0.39 is 6.61 Å². The van der Waals surface area contributed by atoms with Gasteiger partial charge in [0.05, 0.1) is 19.8 Å². The van der Waals surface area contributed by atoms with Crippen LogP contribution in [0.1, 0.15) is 30.4 Å². The molecule has 2 aliphatic rings. The highest BCUT2D eigenvalue weighted by Crippen LogP contribution is 2.26. The lowest BCUT2D eigenvalue weighted by atomic mass is 9.97. The van der Waals surface area contributed by atoms with Crippen molar-refractivity contribution in [3.63, 3.8) is 0 Å². The Labute approximate surface area is 136 Å². The lowest BCUT2D eigenvalue weighted by Crippen LogP contribution is -2.41. The summed E-state index contributed by atoms with van der Waals surface area (Å²) in [6.07, 6.45) is 1.93. The molecule has 23 heavy (non-hydrogen) atoms. The van der Waals surface area contributed by atoms with Gasteiger partial charge in [-0.05, 0) is 12.8 Å². The molecule has 2 fully saturated rings. The minimum absolute atomic E-state index is 0.190. The van der Waals surface area contributed by atoms with Gasteiger partial charge in [0.2, 0.25) is 5.91 Å². The number of aliphatic hydroxyl groups excluding tert-OH is 1. The first-order valence-electron chi connectivity index (χ1n) is 8.26. The molecule has 0 saturated carbocycles. The first-order chi connectivity index (χ1) is 11.2. The second-order valence-corrected chi connectivity index (χ2v) is 6.26. The number of hydrogen-bond donors (Lipinski definition) is 1. The molecule has 2 aliphatic heterocycles. The Morgan fingerprint density at radius 1 is 1.30 bits per heavy atom. The van der Waals surface area contributed by atoms with Crippen LogP contribution in [0.5, 0.6) is 0 Å². The lowest BCUT2D eigenvalue weighted by Gasteiger charge is -2.32. The number of piperidine rings is 1. The normalized spacial score (nSPS) is 23.2. The molecule has 3 heterocycles. The smallest absolute Gasteiger partial charge is 0.248 e. The van der Waals surface area contributed by atoms with Crippen LogP contribution in [0.4, 0.5) is 0 Å². The molecule has 3 rings (SSSR count). The predicted octanol–water partition coefficient (Wildman–Crippen LogP) is -0.654. The summed E-state index contributed by atoms with van der Waals surface area (Å²) in [5.74, 6) is 1.87. The molecule has 1 amide bonds. The zero-order valence-electron chi connectivity index (χ0n) is 13.6. The minimum atomic E-state index is -0.423. The van der Waals surface area contributed by atoms with Gasteiger partial charge in [0.25, 0.3) is 0 Å². The van der Waals surface area contributed by atoms with Gasteiger partial charge in [0.1, 0.15) is 18.3 Å². The van der Waals surface area contributed by atoms with Crippen LogP contribution in [0.2, 0.25) is 0 Å². The Kier molecular flexibility index (Phi) is 5.24. The average molecular weight is 323 g/mol. The highest BCUT2D eigenvalue weighted by molar-refractivity contribution is 5.77. The van der Waals surface area contributed by atoms with Crippen molar-refractivity contribution in [2.24, 2.45) is 7.05 Å². The highest BCUT2D eigenvalue weighted by atomic mass is 16.5. The quantitative estimate of drug-likeness (QED) is 0.792. The number of rotatable bonds is 4. The van der Waals surface area contributed by atoms with Crippen LogP contribution in [0, 0.1) is 0 Å². The lowest BCUT2D eigenvalue weighted by molar-refractivity contribution is -0.135. The van der Waals surface area contributed by atoms with Crippen molar-refractivity contribution in [2.75, 3.05) is 46.0 Å². The molecule has 0 aliphatic carbocycles. The van der Waals surface area contributed by atoms with Gasteiger partial charge in [0.15, 0.2) is 0 Å². The van der Waals surface area contributed by atoms with Crippen LogP contribution in [0.25, 0.3) is 0 Å². The standard InChI is InChI=1S/C15H25N5O3/c1-18-13(10-19-5-7-23-8-6-19)16-17-15(18)12-3-2-4-20(9-12)14(22)11-21/h12,21H,2-11H2,1H3/t12-/m1/s1. The fourth-order valence-electron chi connectivity index (χ4n) is 3.34. The van der Waals surface area contributed by atoms with Crippen LogP contribution in [-0.2, 0) is 23.1 Å². The van der Waals surface area contributed by atoms with Crippen molar-refractivity contribution in [1.29, 1.82) is 0 Å². The van der Waals surface area contributed by atoms with E-state index in [1.807, 2.05) is 7.05 Å². The maximum Gasteiger partial charge on any atom is 0.248 e. The van der Waals surface area contributed by atoms with Gasteiger partial charge < -0.3 is 19.3 Å². The monoisotopic (exact) mass is 323 g/mol. The van der Waals surface area contributed by atoms with Crippen molar-refractivity contribution >= 4 is 5.91 Å². The number of likely N-dealkylation sites (tertiary alicyclic amines) is 1. The summed E-state index contributed by atoms with van der Waals surface area (Å²) in [6.45, 7) is 5.07. The van der Waals surface area contributed by atoms with Gasteiger partial charge in [-0.25, -0.2) is 0 Å². The predicted molar refractivity (Wildman–Crippen MR) is 82.7 cm³/mol. The molecule has 0 aromatic carbocycles. The number of hydrogen-bond acceptors (Lipinski definition) is 6. The molecule has 2 saturated heterocycles. The second-order valence-electron chi connectivity index (χ2n) is 6.26. The Morgan fingerprint density at radius 2 is 2.09 bits per heavy atom. The molecular weight excluding hydrogens is 298 g/mol. The number of aliphatic hydroxyl groups is 1. The highest BCUT2D eigenvalue weighted by Gasteiger charge is 2.28. The summed E-state index contributed by atoms with van der Waals surface area (Å²) >= 11 is 0. The molecule has 8 heteroatoms. The molecule has 1 aromatic heterocycles. The molecule has 128 valence electrons. The summed E-state index contributed by atoms with van der Waals surface area (Å²) in [5, 5.41) is 17.8. The first-order valence-corrected chi connectivity index (χ1v) is 8.26. The first kappa shape index (κ1) is 16.4. The zero-order chi connectivity index (χ0) is 16.2. The molecule has 1 atom stereocenters. The third-order valence-corrected chi connectivity index (χ3v) is 4.74. The van der Waals surface area contributed by atoms with Crippen LogP contribution >= 0.6 is 0 Å². The Hall–Kier alpha value is -1.51. The molecule has 0 radical (unpaired) electrons. The second kappa shape index (κ2) is 7.37. The van der Waals surface area contributed by atoms with E-state index in [1.165, 1.54) is 0 Å².